The van der Waals surface area contributed by atoms with Gasteiger partial charge in [-0.25, -0.2) is 0 Å². The van der Waals surface area contributed by atoms with Crippen LogP contribution in [0.2, 0.25) is 0 Å². The molecule has 2 amide bonds. The molecule has 2 aromatic rings. The molecule has 7 nitrogen and oxygen atoms in total. The molecule has 2 aliphatic heterocycles. The van der Waals surface area contributed by atoms with Gasteiger partial charge in [-0.15, -0.1) is 0 Å². The summed E-state index contributed by atoms with van der Waals surface area (Å²) in [6.45, 7) is 1.72. The Balaban J connectivity index is 1.32. The van der Waals surface area contributed by atoms with Gasteiger partial charge in [0, 0.05) is 43.2 Å². The van der Waals surface area contributed by atoms with E-state index in [9.17, 15) is 14.4 Å². The first kappa shape index (κ1) is 21.7. The quantitative estimate of drug-likeness (QED) is 0.759. The van der Waals surface area contributed by atoms with Gasteiger partial charge in [0.15, 0.2) is 6.61 Å². The number of amides is 2. The smallest absolute Gasteiger partial charge is 0.260 e. The van der Waals surface area contributed by atoms with Crippen LogP contribution in [-0.2, 0) is 16.1 Å². The number of anilines is 1. The van der Waals surface area contributed by atoms with Crippen molar-refractivity contribution in [1.29, 1.82) is 0 Å². The maximum Gasteiger partial charge on any atom is 0.260 e. The number of carbonyl (C=O) groups excluding carboxylic acids is 2. The van der Waals surface area contributed by atoms with Gasteiger partial charge in [-0.05, 0) is 43.4 Å². The first-order valence-corrected chi connectivity index (χ1v) is 12.1. The summed E-state index contributed by atoms with van der Waals surface area (Å²) in [4.78, 5) is 40.4. The van der Waals surface area contributed by atoms with Crippen molar-refractivity contribution in [1.82, 2.24) is 9.47 Å². The number of aromatic nitrogens is 1. The number of hydrogen-bond acceptors (Lipinski definition) is 4. The number of pyridine rings is 1. The maximum atomic E-state index is 12.9. The SMILES string of the molecule is O=C(Nc1ccc(=O)n2c1C1CC(CN(C(=O)COc3ccccc3)C1)C2)C1CCCCC1. The third-order valence-electron chi connectivity index (χ3n) is 7.28. The highest BCUT2D eigenvalue weighted by Gasteiger charge is 2.38. The van der Waals surface area contributed by atoms with Crippen LogP contribution in [-0.4, -0.2) is 41.0 Å². The van der Waals surface area contributed by atoms with Crippen molar-refractivity contribution in [3.05, 3.63) is 58.5 Å². The second-order valence-corrected chi connectivity index (χ2v) is 9.60. The van der Waals surface area contributed by atoms with E-state index in [1.807, 2.05) is 39.8 Å². The van der Waals surface area contributed by atoms with Crippen LogP contribution in [0.25, 0.3) is 0 Å². The second-order valence-electron chi connectivity index (χ2n) is 9.60. The first-order valence-electron chi connectivity index (χ1n) is 12.1. The predicted molar refractivity (Wildman–Crippen MR) is 125 cm³/mol. The number of fused-ring (bicyclic) bond motifs is 4. The summed E-state index contributed by atoms with van der Waals surface area (Å²) in [5.41, 5.74) is 1.55. The zero-order valence-electron chi connectivity index (χ0n) is 18.9. The molecule has 2 unspecified atom stereocenters. The van der Waals surface area contributed by atoms with Crippen LogP contribution in [0.5, 0.6) is 5.75 Å². The zero-order chi connectivity index (χ0) is 22.8. The lowest BCUT2D eigenvalue weighted by atomic mass is 9.82. The van der Waals surface area contributed by atoms with E-state index in [4.69, 9.17) is 4.74 Å². The zero-order valence-corrected chi connectivity index (χ0v) is 18.9. The number of hydrogen-bond donors (Lipinski definition) is 1. The standard InChI is InChI=1S/C26H31N3O4/c30-23-12-11-22(27-26(32)19-7-3-1-4-8-19)25-20-13-18(15-29(23)25)14-28(16-20)24(31)17-33-21-9-5-2-6-10-21/h2,5-6,9-12,18-20H,1,3-4,7-8,13-17H2,(H,27,32). The third kappa shape index (κ3) is 4.68. The number of nitrogens with zero attached hydrogens (tertiary/aromatic N) is 2. The highest BCUT2D eigenvalue weighted by atomic mass is 16.5. The molecule has 0 radical (unpaired) electrons. The molecule has 1 aromatic carbocycles. The van der Waals surface area contributed by atoms with Gasteiger partial charge in [-0.3, -0.25) is 14.4 Å². The molecule has 1 saturated carbocycles. The molecule has 3 heterocycles. The van der Waals surface area contributed by atoms with Gasteiger partial charge in [-0.2, -0.15) is 0 Å². The number of nitrogens with one attached hydrogen (secondary N) is 1. The number of piperidine rings is 1. The minimum atomic E-state index is -0.0481. The summed E-state index contributed by atoms with van der Waals surface area (Å²) < 4.78 is 7.49. The first-order chi connectivity index (χ1) is 16.1. The Labute approximate surface area is 193 Å². The lowest BCUT2D eigenvalue weighted by Gasteiger charge is -2.43. The van der Waals surface area contributed by atoms with E-state index in [0.717, 1.165) is 43.5 Å². The maximum absolute atomic E-state index is 12.9. The van der Waals surface area contributed by atoms with Crippen molar-refractivity contribution >= 4 is 17.5 Å². The minimum Gasteiger partial charge on any atom is -0.484 e. The Morgan fingerprint density at radius 2 is 1.76 bits per heavy atom. The van der Waals surface area contributed by atoms with E-state index in [1.165, 1.54) is 6.42 Å². The van der Waals surface area contributed by atoms with Crippen LogP contribution in [0.3, 0.4) is 0 Å². The summed E-state index contributed by atoms with van der Waals surface area (Å²) in [7, 11) is 0. The van der Waals surface area contributed by atoms with Gasteiger partial charge in [0.1, 0.15) is 5.75 Å². The molecular formula is C26H31N3O4. The van der Waals surface area contributed by atoms with E-state index in [2.05, 4.69) is 5.32 Å². The fourth-order valence-electron chi connectivity index (χ4n) is 5.68. The molecule has 5 rings (SSSR count). The summed E-state index contributed by atoms with van der Waals surface area (Å²) in [5, 5.41) is 3.13. The molecule has 2 fully saturated rings. The lowest BCUT2D eigenvalue weighted by Crippen LogP contribution is -2.50. The summed E-state index contributed by atoms with van der Waals surface area (Å²) in [6.07, 6.45) is 6.15. The van der Waals surface area contributed by atoms with Crippen molar-refractivity contribution < 1.29 is 14.3 Å². The molecule has 174 valence electrons. The third-order valence-corrected chi connectivity index (χ3v) is 7.28. The average molecular weight is 450 g/mol. The van der Waals surface area contributed by atoms with Crippen molar-refractivity contribution in [2.75, 3.05) is 25.0 Å². The highest BCUT2D eigenvalue weighted by Crippen LogP contribution is 2.39. The number of carbonyl (C=O) groups is 2. The Morgan fingerprint density at radius 1 is 0.970 bits per heavy atom. The number of likely N-dealkylation sites (tertiary alicyclic amines) is 1. The Hall–Kier alpha value is -3.09. The van der Waals surface area contributed by atoms with Gasteiger partial charge >= 0.3 is 0 Å². The Kier molecular flexibility index (Phi) is 6.20. The van der Waals surface area contributed by atoms with Crippen molar-refractivity contribution in [3.8, 4) is 5.75 Å². The van der Waals surface area contributed by atoms with E-state index in [0.29, 0.717) is 25.4 Å². The molecular weight excluding hydrogens is 418 g/mol. The largest absolute Gasteiger partial charge is 0.484 e. The van der Waals surface area contributed by atoms with E-state index in [-0.39, 0.29) is 41.7 Å². The van der Waals surface area contributed by atoms with Crippen LogP contribution in [0.1, 0.15) is 50.1 Å². The van der Waals surface area contributed by atoms with Crippen LogP contribution in [0.4, 0.5) is 5.69 Å². The van der Waals surface area contributed by atoms with Crippen LogP contribution in [0, 0.1) is 11.8 Å². The Morgan fingerprint density at radius 3 is 2.55 bits per heavy atom. The molecule has 2 bridgehead atoms. The molecule has 1 N–H and O–H groups in total. The number of rotatable bonds is 5. The Bertz CT molecular complexity index is 1070. The van der Waals surface area contributed by atoms with Gasteiger partial charge in [0.2, 0.25) is 5.91 Å². The van der Waals surface area contributed by atoms with E-state index < -0.39 is 0 Å². The molecule has 7 heteroatoms. The van der Waals surface area contributed by atoms with Crippen LogP contribution in [0.15, 0.2) is 47.3 Å². The topological polar surface area (TPSA) is 80.6 Å². The summed E-state index contributed by atoms with van der Waals surface area (Å²) >= 11 is 0. The van der Waals surface area contributed by atoms with Gasteiger partial charge < -0.3 is 19.5 Å². The number of benzene rings is 1. The molecule has 33 heavy (non-hydrogen) atoms. The average Bonchev–Trinajstić information content (AvgIpc) is 2.85. The molecule has 1 aliphatic carbocycles. The minimum absolute atomic E-state index is 0.00365. The van der Waals surface area contributed by atoms with Crippen molar-refractivity contribution in [2.24, 2.45) is 11.8 Å². The van der Waals surface area contributed by atoms with Crippen LogP contribution < -0.4 is 15.6 Å². The normalized spacial score (nSPS) is 22.4. The van der Waals surface area contributed by atoms with Gasteiger partial charge in [0.05, 0.1) is 5.69 Å². The van der Waals surface area contributed by atoms with Crippen molar-refractivity contribution in [2.45, 2.75) is 51.0 Å². The van der Waals surface area contributed by atoms with Gasteiger partial charge in [0.25, 0.3) is 11.5 Å². The van der Waals surface area contributed by atoms with Crippen molar-refractivity contribution in [3.63, 3.8) is 0 Å². The molecule has 3 aliphatic rings. The number of ether oxygens (including phenoxy) is 1. The predicted octanol–water partition coefficient (Wildman–Crippen LogP) is 3.39. The highest BCUT2D eigenvalue weighted by molar-refractivity contribution is 5.93. The number of para-hydroxylation sites is 1. The molecule has 1 aromatic heterocycles. The van der Waals surface area contributed by atoms with Gasteiger partial charge in [-0.1, -0.05) is 37.5 Å². The summed E-state index contributed by atoms with van der Waals surface area (Å²) in [6, 6.07) is 12.6. The lowest BCUT2D eigenvalue weighted by molar-refractivity contribution is -0.136. The second kappa shape index (κ2) is 9.41. The van der Waals surface area contributed by atoms with E-state index >= 15 is 0 Å². The fraction of sp³-hybridized carbons (Fsp3) is 0.500. The molecule has 0 spiro atoms. The molecule has 2 atom stereocenters. The van der Waals surface area contributed by atoms with Crippen LogP contribution >= 0.6 is 0 Å². The van der Waals surface area contributed by atoms with E-state index in [1.54, 1.807) is 12.1 Å². The summed E-state index contributed by atoms with van der Waals surface area (Å²) in [5.74, 6) is 0.967. The fourth-order valence-corrected chi connectivity index (χ4v) is 5.68. The molecule has 1 saturated heterocycles. The monoisotopic (exact) mass is 449 g/mol.